The number of hydrogen-bond acceptors (Lipinski definition) is 1. The molecular formula is C28H45BS. The largest absolute Gasteiger partial charge is 0.147 e. The van der Waals surface area contributed by atoms with Gasteiger partial charge < -0.3 is 0 Å². The molecule has 0 aromatic rings. The van der Waals surface area contributed by atoms with Gasteiger partial charge in [-0.2, -0.15) is 0 Å². The van der Waals surface area contributed by atoms with Crippen LogP contribution < -0.4 is 0 Å². The highest BCUT2D eigenvalue weighted by Crippen LogP contribution is 2.52. The highest BCUT2D eigenvalue weighted by Gasteiger charge is 2.37. The predicted octanol–water partition coefficient (Wildman–Crippen LogP) is 9.46. The van der Waals surface area contributed by atoms with E-state index in [1.807, 2.05) is 27.7 Å². The third kappa shape index (κ3) is 9.17. The van der Waals surface area contributed by atoms with Crippen LogP contribution in [0.5, 0.6) is 0 Å². The van der Waals surface area contributed by atoms with Crippen LogP contribution in [-0.2, 0) is 0 Å². The van der Waals surface area contributed by atoms with E-state index < -0.39 is 0 Å². The highest BCUT2D eigenvalue weighted by atomic mass is 32.1. The summed E-state index contributed by atoms with van der Waals surface area (Å²) in [5, 5.41) is 0. The van der Waals surface area contributed by atoms with Crippen LogP contribution in [0.3, 0.4) is 0 Å². The van der Waals surface area contributed by atoms with Crippen molar-refractivity contribution in [3.05, 3.63) is 80.8 Å². The van der Waals surface area contributed by atoms with Gasteiger partial charge in [0.2, 0.25) is 0 Å². The lowest BCUT2D eigenvalue weighted by Gasteiger charge is -2.40. The van der Waals surface area contributed by atoms with Crippen LogP contribution in [0, 0.1) is 5.41 Å². The third-order valence-corrected chi connectivity index (χ3v) is 5.77. The quantitative estimate of drug-likeness (QED) is 0.253. The minimum atomic E-state index is -0.234. The van der Waals surface area contributed by atoms with Crippen LogP contribution >= 0.6 is 12.6 Å². The summed E-state index contributed by atoms with van der Waals surface area (Å²) in [4.78, 5) is 1.03. The Morgan fingerprint density at radius 1 is 0.967 bits per heavy atom. The first-order valence-electron chi connectivity index (χ1n) is 10.9. The molecule has 166 valence electrons. The SMILES string of the molecule is CC.CC=C(C)C.[B]C1=C(C(=C)C)C(=C)C(C)(CC=C(C)C)C(S)=C1CC=C(C)C. The van der Waals surface area contributed by atoms with Crippen molar-refractivity contribution >= 4 is 20.5 Å². The van der Waals surface area contributed by atoms with Crippen LogP contribution in [0.25, 0.3) is 0 Å². The van der Waals surface area contributed by atoms with Crippen LogP contribution in [0.1, 0.15) is 89.0 Å². The van der Waals surface area contributed by atoms with E-state index in [2.05, 4.69) is 79.9 Å². The molecule has 2 radical (unpaired) electrons. The Kier molecular flexibility index (Phi) is 15.0. The van der Waals surface area contributed by atoms with Crippen molar-refractivity contribution in [2.45, 2.75) is 89.0 Å². The number of allylic oxidation sites excluding steroid dienone is 12. The van der Waals surface area contributed by atoms with Gasteiger partial charge in [-0.3, -0.25) is 0 Å². The summed E-state index contributed by atoms with van der Waals surface area (Å²) >= 11 is 4.89. The van der Waals surface area contributed by atoms with Crippen LogP contribution in [-0.4, -0.2) is 7.85 Å². The molecule has 0 amide bonds. The second-order valence-corrected chi connectivity index (χ2v) is 8.99. The molecule has 1 unspecified atom stereocenters. The van der Waals surface area contributed by atoms with Gasteiger partial charge in [-0.05, 0) is 89.9 Å². The highest BCUT2D eigenvalue weighted by molar-refractivity contribution is 7.84. The lowest BCUT2D eigenvalue weighted by Crippen LogP contribution is -2.27. The van der Waals surface area contributed by atoms with Crippen molar-refractivity contribution < 1.29 is 0 Å². The first-order chi connectivity index (χ1) is 13.8. The van der Waals surface area contributed by atoms with Crippen molar-refractivity contribution in [2.24, 2.45) is 5.41 Å². The van der Waals surface area contributed by atoms with Gasteiger partial charge in [0.25, 0.3) is 0 Å². The summed E-state index contributed by atoms with van der Waals surface area (Å²) in [6.07, 6.45) is 8.19. The second kappa shape index (κ2) is 14.6. The van der Waals surface area contributed by atoms with E-state index in [0.29, 0.717) is 0 Å². The first-order valence-corrected chi connectivity index (χ1v) is 11.4. The molecule has 0 spiro atoms. The summed E-state index contributed by atoms with van der Waals surface area (Å²) in [6, 6.07) is 0. The summed E-state index contributed by atoms with van der Waals surface area (Å²) in [5.74, 6) is 0. The average Bonchev–Trinajstić information content (AvgIpc) is 2.66. The third-order valence-electron chi connectivity index (χ3n) is 5.01. The summed E-state index contributed by atoms with van der Waals surface area (Å²) < 4.78 is 0. The summed E-state index contributed by atoms with van der Waals surface area (Å²) in [5.41, 5.74) is 8.59. The molecule has 0 saturated carbocycles. The molecule has 0 saturated heterocycles. The molecule has 0 aromatic heterocycles. The average molecular weight is 425 g/mol. The van der Waals surface area contributed by atoms with Gasteiger partial charge >= 0.3 is 0 Å². The van der Waals surface area contributed by atoms with Crippen molar-refractivity contribution in [3.8, 4) is 0 Å². The molecule has 1 aliphatic rings. The zero-order valence-electron chi connectivity index (χ0n) is 21.6. The van der Waals surface area contributed by atoms with Gasteiger partial charge in [0.15, 0.2) is 0 Å². The Hall–Kier alpha value is -1.41. The van der Waals surface area contributed by atoms with Crippen LogP contribution in [0.15, 0.2) is 80.8 Å². The van der Waals surface area contributed by atoms with Crippen molar-refractivity contribution in [2.75, 3.05) is 0 Å². The molecule has 1 rings (SSSR count). The maximum absolute atomic E-state index is 6.47. The monoisotopic (exact) mass is 424 g/mol. The van der Waals surface area contributed by atoms with Gasteiger partial charge in [-0.1, -0.05) is 79.9 Å². The molecule has 0 aromatic carbocycles. The molecule has 0 bridgehead atoms. The van der Waals surface area contributed by atoms with E-state index in [-0.39, 0.29) is 5.41 Å². The van der Waals surface area contributed by atoms with Gasteiger partial charge in [0.05, 0.1) is 0 Å². The Bertz CT molecular complexity index is 756. The predicted molar refractivity (Wildman–Crippen MR) is 145 cm³/mol. The van der Waals surface area contributed by atoms with E-state index in [4.69, 9.17) is 20.5 Å². The van der Waals surface area contributed by atoms with Gasteiger partial charge in [-0.15, -0.1) is 12.6 Å². The van der Waals surface area contributed by atoms with Gasteiger partial charge in [0.1, 0.15) is 7.85 Å². The summed E-state index contributed by atoms with van der Waals surface area (Å²) in [6.45, 7) is 31.3. The lowest BCUT2D eigenvalue weighted by molar-refractivity contribution is 0.511. The second-order valence-electron chi connectivity index (χ2n) is 8.54. The Labute approximate surface area is 195 Å². The molecule has 1 aliphatic carbocycles. The number of hydrogen-bond donors (Lipinski definition) is 1. The zero-order chi connectivity index (χ0) is 24.2. The number of rotatable bonds is 5. The fraction of sp³-hybridized carbons (Fsp3) is 0.500. The molecule has 0 fully saturated rings. The first kappa shape index (κ1) is 30.8. The van der Waals surface area contributed by atoms with Crippen LogP contribution in [0.2, 0.25) is 0 Å². The fourth-order valence-electron chi connectivity index (χ4n) is 2.82. The van der Waals surface area contributed by atoms with Gasteiger partial charge in [-0.25, -0.2) is 0 Å². The molecule has 0 nitrogen and oxygen atoms in total. The normalized spacial score (nSPS) is 17.8. The fourth-order valence-corrected chi connectivity index (χ4v) is 3.26. The maximum atomic E-state index is 6.47. The summed E-state index contributed by atoms with van der Waals surface area (Å²) in [7, 11) is 6.47. The van der Waals surface area contributed by atoms with Crippen molar-refractivity contribution in [1.29, 1.82) is 0 Å². The van der Waals surface area contributed by atoms with E-state index in [0.717, 1.165) is 45.5 Å². The Morgan fingerprint density at radius 3 is 1.73 bits per heavy atom. The maximum Gasteiger partial charge on any atom is 0.115 e. The minimum absolute atomic E-state index is 0.234. The molecular weight excluding hydrogens is 379 g/mol. The lowest BCUT2D eigenvalue weighted by atomic mass is 9.63. The van der Waals surface area contributed by atoms with E-state index >= 15 is 0 Å². The van der Waals surface area contributed by atoms with Crippen molar-refractivity contribution in [3.63, 3.8) is 0 Å². The zero-order valence-corrected chi connectivity index (χ0v) is 22.5. The van der Waals surface area contributed by atoms with E-state index in [1.165, 1.54) is 16.7 Å². The molecule has 0 aliphatic heterocycles. The molecule has 0 heterocycles. The molecule has 2 heteroatoms. The van der Waals surface area contributed by atoms with Crippen molar-refractivity contribution in [1.82, 2.24) is 0 Å². The molecule has 0 N–H and O–H groups in total. The smallest absolute Gasteiger partial charge is 0.115 e. The Morgan fingerprint density at radius 2 is 1.40 bits per heavy atom. The Balaban J connectivity index is 0. The van der Waals surface area contributed by atoms with Crippen LogP contribution in [0.4, 0.5) is 0 Å². The standard InChI is InChI=1S/C21H29BS.C5H10.C2H6/c1-13(2)9-10-17-19(22)18(15(5)6)16(7)21(8,20(17)23)12-11-14(3)4;1-4-5(2)3;1-2/h9,11,23H,5,7,10,12H2,1-4,6,8H3;4H,1-3H3;1-2H3. The minimum Gasteiger partial charge on any atom is -0.147 e. The van der Waals surface area contributed by atoms with E-state index in [1.54, 1.807) is 0 Å². The number of thiol groups is 1. The molecule has 1 atom stereocenters. The molecule has 30 heavy (non-hydrogen) atoms. The topological polar surface area (TPSA) is 0 Å². The van der Waals surface area contributed by atoms with Gasteiger partial charge in [0, 0.05) is 5.41 Å². The van der Waals surface area contributed by atoms with E-state index in [9.17, 15) is 0 Å².